The molecule has 3 nitrogen and oxygen atoms in total. The lowest BCUT2D eigenvalue weighted by Gasteiger charge is -2.08. The van der Waals surface area contributed by atoms with Gasteiger partial charge in [-0.3, -0.25) is 4.79 Å². The number of fused-ring (bicyclic) bond motifs is 1. The molecule has 0 aliphatic carbocycles. The van der Waals surface area contributed by atoms with Crippen LogP contribution < -0.4 is 5.30 Å². The summed E-state index contributed by atoms with van der Waals surface area (Å²) >= 11 is 12.4. The van der Waals surface area contributed by atoms with Crippen molar-refractivity contribution >= 4 is 53.1 Å². The molecular formula is C19H14Cl2O3P+. The van der Waals surface area contributed by atoms with Crippen LogP contribution >= 0.6 is 31.2 Å². The van der Waals surface area contributed by atoms with E-state index in [9.17, 15) is 9.36 Å². The van der Waals surface area contributed by atoms with Crippen LogP contribution in [0.15, 0.2) is 54.6 Å². The summed E-state index contributed by atoms with van der Waals surface area (Å²) in [5.41, 5.74) is 0.477. The monoisotopic (exact) mass is 391 g/mol. The molecule has 0 aromatic heterocycles. The molecule has 0 aliphatic heterocycles. The molecule has 0 aliphatic rings. The first-order valence-electron chi connectivity index (χ1n) is 7.65. The molecule has 3 aromatic carbocycles. The second-order valence-corrected chi connectivity index (χ2v) is 7.32. The van der Waals surface area contributed by atoms with Crippen molar-refractivity contribution < 1.29 is 13.9 Å². The lowest BCUT2D eigenvalue weighted by atomic mass is 9.99. The van der Waals surface area contributed by atoms with E-state index in [-0.39, 0.29) is 33.6 Å². The number of hydrogen-bond acceptors (Lipinski definition) is 3. The highest BCUT2D eigenvalue weighted by atomic mass is 35.5. The Morgan fingerprint density at radius 2 is 1.68 bits per heavy atom. The Morgan fingerprint density at radius 3 is 2.36 bits per heavy atom. The summed E-state index contributed by atoms with van der Waals surface area (Å²) in [6.07, 6.45) is 0. The number of carbonyl (C=O) groups excluding carboxylic acids is 1. The summed E-state index contributed by atoms with van der Waals surface area (Å²) in [4.78, 5) is 13.1. The van der Waals surface area contributed by atoms with Crippen LogP contribution in [0.4, 0.5) is 0 Å². The van der Waals surface area contributed by atoms with E-state index in [4.69, 9.17) is 27.7 Å². The molecule has 0 saturated carbocycles. The number of benzene rings is 3. The van der Waals surface area contributed by atoms with Gasteiger partial charge in [0.05, 0.1) is 21.2 Å². The van der Waals surface area contributed by atoms with E-state index >= 15 is 0 Å². The highest BCUT2D eigenvalue weighted by Gasteiger charge is 2.33. The highest BCUT2D eigenvalue weighted by Crippen LogP contribution is 2.32. The predicted octanol–water partition coefficient (Wildman–Crippen LogP) is 5.78. The van der Waals surface area contributed by atoms with Gasteiger partial charge in [-0.15, -0.1) is 4.52 Å². The summed E-state index contributed by atoms with van der Waals surface area (Å²) in [6, 6.07) is 15.8. The Labute approximate surface area is 156 Å². The van der Waals surface area contributed by atoms with E-state index in [1.54, 1.807) is 31.2 Å². The largest absolute Gasteiger partial charge is 0.550 e. The van der Waals surface area contributed by atoms with Crippen molar-refractivity contribution in [2.24, 2.45) is 0 Å². The van der Waals surface area contributed by atoms with Crippen LogP contribution in [0, 0.1) is 0 Å². The van der Waals surface area contributed by atoms with E-state index in [2.05, 4.69) is 0 Å². The topological polar surface area (TPSA) is 43.4 Å². The standard InChI is InChI=1S/C19H14Cl2O3P/c1-2-24-25(23)19-13-7-4-3-6-12(13)10-11-14(19)18(22)17-15(20)8-5-9-16(17)21/h3-11H,2H2,1H3/q+1. The third kappa shape index (κ3) is 3.47. The van der Waals surface area contributed by atoms with Gasteiger partial charge in [-0.05, 0) is 41.1 Å². The second kappa shape index (κ2) is 7.63. The summed E-state index contributed by atoms with van der Waals surface area (Å²) in [5, 5.41) is 2.47. The Morgan fingerprint density at radius 1 is 1.00 bits per heavy atom. The summed E-state index contributed by atoms with van der Waals surface area (Å²) in [6.45, 7) is 2.03. The molecule has 0 amide bonds. The Kier molecular flexibility index (Phi) is 5.51. The van der Waals surface area contributed by atoms with Gasteiger partial charge in [-0.2, -0.15) is 0 Å². The van der Waals surface area contributed by atoms with Crippen molar-refractivity contribution in [3.63, 3.8) is 0 Å². The number of halogens is 2. The zero-order chi connectivity index (χ0) is 18.0. The van der Waals surface area contributed by atoms with E-state index < -0.39 is 8.03 Å². The van der Waals surface area contributed by atoms with E-state index in [1.165, 1.54) is 0 Å². The van der Waals surface area contributed by atoms with Crippen molar-refractivity contribution in [3.05, 3.63) is 75.8 Å². The van der Waals surface area contributed by atoms with Crippen molar-refractivity contribution in [1.82, 2.24) is 0 Å². The van der Waals surface area contributed by atoms with Crippen LogP contribution in [-0.2, 0) is 9.09 Å². The molecule has 1 atom stereocenters. The molecule has 126 valence electrons. The molecule has 6 heteroatoms. The number of rotatable bonds is 5. The van der Waals surface area contributed by atoms with E-state index in [1.807, 2.05) is 30.3 Å². The molecule has 0 saturated heterocycles. The Balaban J connectivity index is 2.27. The van der Waals surface area contributed by atoms with Gasteiger partial charge in [0.2, 0.25) is 11.1 Å². The molecule has 3 aromatic rings. The maximum absolute atomic E-state index is 13.1. The number of hydrogen-bond donors (Lipinski definition) is 0. The molecule has 0 heterocycles. The Bertz CT molecular complexity index is 965. The molecule has 0 bridgehead atoms. The van der Waals surface area contributed by atoms with Gasteiger partial charge < -0.3 is 0 Å². The fourth-order valence-corrected chi connectivity index (χ4v) is 4.37. The van der Waals surface area contributed by atoms with Crippen LogP contribution in [0.3, 0.4) is 0 Å². The fraction of sp³-hybridized carbons (Fsp3) is 0.105. The summed E-state index contributed by atoms with van der Waals surface area (Å²) in [7, 11) is -2.20. The van der Waals surface area contributed by atoms with Gasteiger partial charge in [-0.1, -0.05) is 53.5 Å². The SMILES string of the molecule is CCO[P+](=O)c1c(C(=O)c2c(Cl)cccc2Cl)ccc2ccccc12. The number of carbonyl (C=O) groups is 1. The summed E-state index contributed by atoms with van der Waals surface area (Å²) < 4.78 is 18.0. The van der Waals surface area contributed by atoms with Crippen molar-refractivity contribution in [2.45, 2.75) is 6.92 Å². The van der Waals surface area contributed by atoms with Gasteiger partial charge in [0.15, 0.2) is 0 Å². The van der Waals surface area contributed by atoms with E-state index in [0.717, 1.165) is 5.39 Å². The highest BCUT2D eigenvalue weighted by molar-refractivity contribution is 7.49. The average molecular weight is 392 g/mol. The first kappa shape index (κ1) is 18.0. The molecule has 0 N–H and O–H groups in total. The first-order chi connectivity index (χ1) is 12.0. The van der Waals surface area contributed by atoms with Crippen LogP contribution in [0.1, 0.15) is 22.8 Å². The first-order valence-corrected chi connectivity index (χ1v) is 9.58. The molecular weight excluding hydrogens is 378 g/mol. The minimum absolute atomic E-state index is 0.197. The van der Waals surface area contributed by atoms with Crippen molar-refractivity contribution in [2.75, 3.05) is 6.61 Å². The number of ketones is 1. The maximum atomic E-state index is 13.1. The molecule has 0 fully saturated rings. The third-order valence-corrected chi connectivity index (χ3v) is 5.73. The van der Waals surface area contributed by atoms with Crippen LogP contribution in [0.25, 0.3) is 10.8 Å². The van der Waals surface area contributed by atoms with Gasteiger partial charge in [0.25, 0.3) is 0 Å². The molecule has 25 heavy (non-hydrogen) atoms. The zero-order valence-electron chi connectivity index (χ0n) is 13.3. The summed E-state index contributed by atoms with van der Waals surface area (Å²) in [5.74, 6) is -0.376. The predicted molar refractivity (Wildman–Crippen MR) is 103 cm³/mol. The van der Waals surface area contributed by atoms with Crippen LogP contribution in [0.5, 0.6) is 0 Å². The van der Waals surface area contributed by atoms with Gasteiger partial charge in [0.1, 0.15) is 6.61 Å². The van der Waals surface area contributed by atoms with Gasteiger partial charge in [-0.25, -0.2) is 0 Å². The minimum Gasteiger partial charge on any atom is -0.288 e. The van der Waals surface area contributed by atoms with Gasteiger partial charge in [0, 0.05) is 5.39 Å². The molecule has 0 radical (unpaired) electrons. The lowest BCUT2D eigenvalue weighted by Crippen LogP contribution is -2.16. The normalized spacial score (nSPS) is 11.6. The fourth-order valence-electron chi connectivity index (χ4n) is 2.67. The zero-order valence-corrected chi connectivity index (χ0v) is 15.7. The Hall–Kier alpha value is -1.77. The third-order valence-electron chi connectivity index (χ3n) is 3.76. The van der Waals surface area contributed by atoms with E-state index in [0.29, 0.717) is 10.7 Å². The van der Waals surface area contributed by atoms with Crippen molar-refractivity contribution in [3.8, 4) is 0 Å². The molecule has 3 rings (SSSR count). The minimum atomic E-state index is -2.20. The quantitative estimate of drug-likeness (QED) is 0.408. The van der Waals surface area contributed by atoms with Gasteiger partial charge >= 0.3 is 8.03 Å². The lowest BCUT2D eigenvalue weighted by molar-refractivity contribution is 0.104. The second-order valence-electron chi connectivity index (χ2n) is 5.28. The maximum Gasteiger partial charge on any atom is 0.550 e. The van der Waals surface area contributed by atoms with Crippen molar-refractivity contribution in [1.29, 1.82) is 0 Å². The molecule has 1 unspecified atom stereocenters. The van der Waals surface area contributed by atoms with Crippen LogP contribution in [-0.4, -0.2) is 12.4 Å². The smallest absolute Gasteiger partial charge is 0.288 e. The average Bonchev–Trinajstić information content (AvgIpc) is 2.60. The molecule has 0 spiro atoms. The van der Waals surface area contributed by atoms with Crippen LogP contribution in [0.2, 0.25) is 10.0 Å².